The van der Waals surface area contributed by atoms with Gasteiger partial charge in [0.1, 0.15) is 5.75 Å². The first kappa shape index (κ1) is 18.8. The molecule has 27 heavy (non-hydrogen) atoms. The van der Waals surface area contributed by atoms with Crippen LogP contribution < -0.4 is 10.1 Å². The zero-order chi connectivity index (χ0) is 19.4. The summed E-state index contributed by atoms with van der Waals surface area (Å²) in [6, 6.07) is 8.69. The van der Waals surface area contributed by atoms with E-state index in [1.807, 2.05) is 0 Å². The molecule has 140 valence electrons. The number of thioether (sulfide) groups is 1. The molecule has 1 amide bonds. The summed E-state index contributed by atoms with van der Waals surface area (Å²) < 4.78 is 50.3. The number of benzene rings is 2. The first-order chi connectivity index (χ1) is 13.0. The van der Waals surface area contributed by atoms with Crippen LogP contribution in [0.2, 0.25) is 0 Å². The first-order valence-corrected chi connectivity index (χ1v) is 8.51. The van der Waals surface area contributed by atoms with Gasteiger partial charge in [-0.15, -0.1) is 10.2 Å². The molecule has 0 aliphatic carbocycles. The summed E-state index contributed by atoms with van der Waals surface area (Å²) in [5, 5.41) is 9.97. The Morgan fingerprint density at radius 1 is 1.15 bits per heavy atom. The maximum Gasteiger partial charge on any atom is 0.277 e. The summed E-state index contributed by atoms with van der Waals surface area (Å²) in [6.07, 6.45) is 0. The molecule has 0 bridgehead atoms. The molecule has 2 aromatic carbocycles. The van der Waals surface area contributed by atoms with Gasteiger partial charge in [0.05, 0.1) is 24.1 Å². The van der Waals surface area contributed by atoms with E-state index in [0.717, 1.165) is 23.9 Å². The molecule has 0 spiro atoms. The Labute approximate surface area is 155 Å². The smallest absolute Gasteiger partial charge is 0.277 e. The SMILES string of the molecule is COc1ccccc1-c1nnc(SCC(=O)Nc2ccc(F)c(F)c2F)o1. The normalized spacial score (nSPS) is 10.7. The topological polar surface area (TPSA) is 77.2 Å². The van der Waals surface area contributed by atoms with Crippen LogP contribution in [0.3, 0.4) is 0 Å². The Hall–Kier alpha value is -3.01. The van der Waals surface area contributed by atoms with Crippen molar-refractivity contribution in [3.8, 4) is 17.2 Å². The van der Waals surface area contributed by atoms with Crippen molar-refractivity contribution >= 4 is 23.4 Å². The second kappa shape index (κ2) is 8.12. The minimum absolute atomic E-state index is 0.108. The van der Waals surface area contributed by atoms with Gasteiger partial charge >= 0.3 is 0 Å². The van der Waals surface area contributed by atoms with Crippen LogP contribution in [-0.2, 0) is 4.79 Å². The molecule has 0 aliphatic rings. The van der Waals surface area contributed by atoms with Crippen LogP contribution in [0, 0.1) is 17.5 Å². The van der Waals surface area contributed by atoms with Gasteiger partial charge in [0.2, 0.25) is 5.91 Å². The number of carbonyl (C=O) groups is 1. The zero-order valence-corrected chi connectivity index (χ0v) is 14.6. The molecule has 3 aromatic rings. The minimum atomic E-state index is -1.65. The maximum atomic E-state index is 13.6. The van der Waals surface area contributed by atoms with E-state index in [4.69, 9.17) is 9.15 Å². The van der Waals surface area contributed by atoms with Gasteiger partial charge in [-0.25, -0.2) is 13.2 Å². The largest absolute Gasteiger partial charge is 0.496 e. The number of para-hydroxylation sites is 1. The Morgan fingerprint density at radius 3 is 2.70 bits per heavy atom. The molecule has 0 unspecified atom stereocenters. The lowest BCUT2D eigenvalue weighted by molar-refractivity contribution is -0.113. The van der Waals surface area contributed by atoms with Crippen LogP contribution in [0.4, 0.5) is 18.9 Å². The number of halogens is 3. The van der Waals surface area contributed by atoms with Crippen LogP contribution in [0.1, 0.15) is 0 Å². The van der Waals surface area contributed by atoms with Gasteiger partial charge in [-0.2, -0.15) is 0 Å². The number of anilines is 1. The average Bonchev–Trinajstić information content (AvgIpc) is 3.15. The number of hydrogen-bond donors (Lipinski definition) is 1. The monoisotopic (exact) mass is 395 g/mol. The molecule has 0 fully saturated rings. The van der Waals surface area contributed by atoms with Crippen molar-refractivity contribution in [2.24, 2.45) is 0 Å². The molecule has 0 saturated carbocycles. The Balaban J connectivity index is 1.63. The van der Waals surface area contributed by atoms with Gasteiger partial charge in [-0.05, 0) is 24.3 Å². The average molecular weight is 395 g/mol. The highest BCUT2D eigenvalue weighted by Crippen LogP contribution is 2.30. The number of carbonyl (C=O) groups excluding carboxylic acids is 1. The van der Waals surface area contributed by atoms with Crippen molar-refractivity contribution in [3.05, 3.63) is 53.8 Å². The molecule has 1 N–H and O–H groups in total. The van der Waals surface area contributed by atoms with E-state index in [0.29, 0.717) is 11.3 Å². The van der Waals surface area contributed by atoms with Gasteiger partial charge < -0.3 is 14.5 Å². The van der Waals surface area contributed by atoms with E-state index in [2.05, 4.69) is 15.5 Å². The van der Waals surface area contributed by atoms with E-state index >= 15 is 0 Å². The summed E-state index contributed by atoms with van der Waals surface area (Å²) >= 11 is 0.907. The fourth-order valence-corrected chi connectivity index (χ4v) is 2.70. The Bertz CT molecular complexity index is 981. The lowest BCUT2D eigenvalue weighted by Crippen LogP contribution is -2.15. The maximum absolute atomic E-state index is 13.6. The fourth-order valence-electron chi connectivity index (χ4n) is 2.13. The number of methoxy groups -OCH3 is 1. The van der Waals surface area contributed by atoms with Gasteiger partial charge in [-0.1, -0.05) is 23.9 Å². The molecule has 1 aromatic heterocycles. The van der Waals surface area contributed by atoms with Crippen molar-refractivity contribution < 1.29 is 27.1 Å². The molecular formula is C17H12F3N3O3S. The highest BCUT2D eigenvalue weighted by molar-refractivity contribution is 7.99. The molecule has 0 atom stereocenters. The van der Waals surface area contributed by atoms with E-state index in [-0.39, 0.29) is 16.9 Å². The number of nitrogens with one attached hydrogen (secondary N) is 1. The number of aromatic nitrogens is 2. The molecule has 1 heterocycles. The predicted octanol–water partition coefficient (Wildman–Crippen LogP) is 3.89. The molecule has 0 saturated heterocycles. The van der Waals surface area contributed by atoms with Crippen molar-refractivity contribution in [3.63, 3.8) is 0 Å². The standard InChI is InChI=1S/C17H12F3N3O3S/c1-25-12-5-3-2-4-9(12)16-22-23-17(26-16)27-8-13(24)21-11-7-6-10(18)14(19)15(11)20/h2-7H,8H2,1H3,(H,21,24). The van der Waals surface area contributed by atoms with E-state index in [1.54, 1.807) is 24.3 Å². The Morgan fingerprint density at radius 2 is 1.93 bits per heavy atom. The van der Waals surface area contributed by atoms with Gasteiger partial charge in [-0.3, -0.25) is 4.79 Å². The van der Waals surface area contributed by atoms with Crippen LogP contribution in [0.15, 0.2) is 46.0 Å². The van der Waals surface area contributed by atoms with Crippen molar-refractivity contribution in [1.29, 1.82) is 0 Å². The highest BCUT2D eigenvalue weighted by Gasteiger charge is 2.17. The summed E-state index contributed by atoms with van der Waals surface area (Å²) in [7, 11) is 1.51. The number of nitrogens with zero attached hydrogens (tertiary/aromatic N) is 2. The predicted molar refractivity (Wildman–Crippen MR) is 92.0 cm³/mol. The lowest BCUT2D eigenvalue weighted by Gasteiger charge is -2.06. The van der Waals surface area contributed by atoms with Crippen LogP contribution >= 0.6 is 11.8 Å². The quantitative estimate of drug-likeness (QED) is 0.504. The van der Waals surface area contributed by atoms with Crippen molar-refractivity contribution in [2.75, 3.05) is 18.2 Å². The van der Waals surface area contributed by atoms with Crippen LogP contribution in [0.25, 0.3) is 11.5 Å². The number of ether oxygens (including phenoxy) is 1. The van der Waals surface area contributed by atoms with Gasteiger partial charge in [0, 0.05) is 0 Å². The molecule has 10 heteroatoms. The van der Waals surface area contributed by atoms with Gasteiger partial charge in [0.25, 0.3) is 11.1 Å². The third-order valence-corrected chi connectivity index (χ3v) is 4.20. The molecule has 6 nitrogen and oxygen atoms in total. The third kappa shape index (κ3) is 4.22. The summed E-state index contributed by atoms with van der Waals surface area (Å²) in [5.74, 6) is -4.56. The van der Waals surface area contributed by atoms with Crippen LogP contribution in [-0.4, -0.2) is 29.0 Å². The second-order valence-corrected chi connectivity index (χ2v) is 6.06. The molecular weight excluding hydrogens is 383 g/mol. The lowest BCUT2D eigenvalue weighted by atomic mass is 10.2. The van der Waals surface area contributed by atoms with E-state index in [1.165, 1.54) is 7.11 Å². The zero-order valence-electron chi connectivity index (χ0n) is 13.8. The summed E-state index contributed by atoms with van der Waals surface area (Å²) in [5.41, 5.74) is 0.132. The van der Waals surface area contributed by atoms with Gasteiger partial charge in [0.15, 0.2) is 17.5 Å². The third-order valence-electron chi connectivity index (χ3n) is 3.38. The number of rotatable bonds is 6. The molecule has 0 radical (unpaired) electrons. The molecule has 0 aliphatic heterocycles. The summed E-state index contributed by atoms with van der Waals surface area (Å²) in [6.45, 7) is 0. The molecule has 3 rings (SSSR count). The number of amides is 1. The van der Waals surface area contributed by atoms with Crippen molar-refractivity contribution in [2.45, 2.75) is 5.22 Å². The Kier molecular flexibility index (Phi) is 5.65. The highest BCUT2D eigenvalue weighted by atomic mass is 32.2. The number of hydrogen-bond acceptors (Lipinski definition) is 6. The van der Waals surface area contributed by atoms with E-state index < -0.39 is 29.0 Å². The minimum Gasteiger partial charge on any atom is -0.496 e. The first-order valence-electron chi connectivity index (χ1n) is 7.52. The van der Waals surface area contributed by atoms with Crippen molar-refractivity contribution in [1.82, 2.24) is 10.2 Å². The summed E-state index contributed by atoms with van der Waals surface area (Å²) in [4.78, 5) is 11.9. The van der Waals surface area contributed by atoms with Crippen LogP contribution in [0.5, 0.6) is 5.75 Å². The van der Waals surface area contributed by atoms with E-state index in [9.17, 15) is 18.0 Å². The second-order valence-electron chi connectivity index (χ2n) is 5.13. The fraction of sp³-hybridized carbons (Fsp3) is 0.118.